The second kappa shape index (κ2) is 4.05. The fourth-order valence-corrected chi connectivity index (χ4v) is 1.68. The Balaban J connectivity index is 3.17. The number of carboxylic acid groups (broad SMARTS) is 1. The van der Waals surface area contributed by atoms with Crippen molar-refractivity contribution in [3.63, 3.8) is 0 Å². The van der Waals surface area contributed by atoms with Gasteiger partial charge in [0.05, 0.1) is 9.30 Å². The average molecular weight is 294 g/mol. The zero-order chi connectivity index (χ0) is 9.14. The molecular formula is C8H6Br2O2. The lowest BCUT2D eigenvalue weighted by atomic mass is 10.1. The monoisotopic (exact) mass is 292 g/mol. The standard InChI is InChI=1S/C8H6Br2O2/c9-7(10)5-3-1-2-4-6(5)8(11)12/h1-4,7H,(H,11,12). The van der Waals surface area contributed by atoms with E-state index in [9.17, 15) is 4.79 Å². The second-order valence-electron chi connectivity index (χ2n) is 2.19. The summed E-state index contributed by atoms with van der Waals surface area (Å²) in [5.74, 6) is -0.908. The number of halogens is 2. The molecule has 0 fully saturated rings. The summed E-state index contributed by atoms with van der Waals surface area (Å²) in [7, 11) is 0. The van der Waals surface area contributed by atoms with Crippen molar-refractivity contribution in [1.82, 2.24) is 0 Å². The molecular weight excluding hydrogens is 288 g/mol. The third-order valence-corrected chi connectivity index (χ3v) is 2.41. The van der Waals surface area contributed by atoms with Gasteiger partial charge in [-0.15, -0.1) is 0 Å². The second-order valence-corrected chi connectivity index (χ2v) is 5.25. The van der Waals surface area contributed by atoms with Crippen molar-refractivity contribution in [2.75, 3.05) is 0 Å². The smallest absolute Gasteiger partial charge is 0.336 e. The number of carboxylic acids is 1. The van der Waals surface area contributed by atoms with E-state index in [1.807, 2.05) is 0 Å². The predicted molar refractivity (Wildman–Crippen MR) is 54.0 cm³/mol. The van der Waals surface area contributed by atoms with Crippen molar-refractivity contribution in [2.24, 2.45) is 0 Å². The quantitative estimate of drug-likeness (QED) is 0.851. The van der Waals surface area contributed by atoms with Crippen LogP contribution < -0.4 is 0 Å². The van der Waals surface area contributed by atoms with Crippen LogP contribution in [0.25, 0.3) is 0 Å². The van der Waals surface area contributed by atoms with E-state index in [0.29, 0.717) is 5.56 Å². The molecule has 0 saturated carbocycles. The zero-order valence-corrected chi connectivity index (χ0v) is 9.17. The predicted octanol–water partition coefficient (Wildman–Crippen LogP) is 3.17. The molecule has 0 bridgehead atoms. The van der Waals surface area contributed by atoms with Crippen LogP contribution in [-0.4, -0.2) is 11.1 Å². The molecule has 2 nitrogen and oxygen atoms in total. The maximum atomic E-state index is 10.7. The van der Waals surface area contributed by atoms with Crippen LogP contribution in [0.3, 0.4) is 0 Å². The van der Waals surface area contributed by atoms with Gasteiger partial charge in [0.1, 0.15) is 0 Å². The molecule has 0 radical (unpaired) electrons. The Morgan fingerprint density at radius 2 is 1.92 bits per heavy atom. The fraction of sp³-hybridized carbons (Fsp3) is 0.125. The van der Waals surface area contributed by atoms with Crippen LogP contribution in [0.2, 0.25) is 0 Å². The van der Waals surface area contributed by atoms with Gasteiger partial charge in [-0.05, 0) is 11.6 Å². The Bertz CT molecular complexity index is 297. The average Bonchev–Trinajstić information content (AvgIpc) is 2.04. The fourth-order valence-electron chi connectivity index (χ4n) is 0.882. The molecule has 0 aromatic heterocycles. The van der Waals surface area contributed by atoms with Crippen molar-refractivity contribution >= 4 is 37.8 Å². The molecule has 0 heterocycles. The number of benzene rings is 1. The van der Waals surface area contributed by atoms with Gasteiger partial charge in [-0.1, -0.05) is 50.1 Å². The van der Waals surface area contributed by atoms with E-state index in [4.69, 9.17) is 5.11 Å². The Morgan fingerprint density at radius 3 is 2.33 bits per heavy atom. The van der Waals surface area contributed by atoms with Crippen LogP contribution in [0.1, 0.15) is 19.7 Å². The molecule has 0 aliphatic heterocycles. The van der Waals surface area contributed by atoms with Crippen LogP contribution in [0.5, 0.6) is 0 Å². The van der Waals surface area contributed by atoms with Crippen molar-refractivity contribution < 1.29 is 9.90 Å². The Labute approximate surface area is 86.9 Å². The number of hydrogen-bond donors (Lipinski definition) is 1. The maximum Gasteiger partial charge on any atom is 0.336 e. The Hall–Kier alpha value is -0.350. The third-order valence-electron chi connectivity index (χ3n) is 1.43. The molecule has 64 valence electrons. The molecule has 0 amide bonds. The van der Waals surface area contributed by atoms with Gasteiger partial charge in [-0.25, -0.2) is 4.79 Å². The van der Waals surface area contributed by atoms with E-state index >= 15 is 0 Å². The lowest BCUT2D eigenvalue weighted by molar-refractivity contribution is 0.0696. The summed E-state index contributed by atoms with van der Waals surface area (Å²) in [5, 5.41) is 8.77. The third kappa shape index (κ3) is 2.08. The van der Waals surface area contributed by atoms with Crippen LogP contribution in [-0.2, 0) is 0 Å². The van der Waals surface area contributed by atoms with E-state index in [0.717, 1.165) is 5.56 Å². The number of carbonyl (C=O) groups is 1. The highest BCUT2D eigenvalue weighted by atomic mass is 79.9. The molecule has 12 heavy (non-hydrogen) atoms. The molecule has 0 atom stereocenters. The van der Waals surface area contributed by atoms with Gasteiger partial charge < -0.3 is 5.11 Å². The van der Waals surface area contributed by atoms with Crippen molar-refractivity contribution in [2.45, 2.75) is 3.74 Å². The van der Waals surface area contributed by atoms with Gasteiger partial charge in [0, 0.05) is 0 Å². The highest BCUT2D eigenvalue weighted by Crippen LogP contribution is 2.31. The minimum Gasteiger partial charge on any atom is -0.478 e. The minimum absolute atomic E-state index is 0.114. The molecule has 0 unspecified atom stereocenters. The number of hydrogen-bond acceptors (Lipinski definition) is 1. The first-order chi connectivity index (χ1) is 5.63. The van der Waals surface area contributed by atoms with Crippen LogP contribution >= 0.6 is 31.9 Å². The molecule has 0 aliphatic rings. The van der Waals surface area contributed by atoms with Gasteiger partial charge in [0.25, 0.3) is 0 Å². The van der Waals surface area contributed by atoms with E-state index in [-0.39, 0.29) is 3.74 Å². The summed E-state index contributed by atoms with van der Waals surface area (Å²) in [4.78, 5) is 10.7. The minimum atomic E-state index is -0.908. The van der Waals surface area contributed by atoms with Crippen LogP contribution in [0.4, 0.5) is 0 Å². The van der Waals surface area contributed by atoms with Gasteiger partial charge >= 0.3 is 5.97 Å². The normalized spacial score (nSPS) is 10.2. The van der Waals surface area contributed by atoms with Crippen molar-refractivity contribution in [3.05, 3.63) is 35.4 Å². The topological polar surface area (TPSA) is 37.3 Å². The first-order valence-corrected chi connectivity index (χ1v) is 5.06. The molecule has 1 N–H and O–H groups in total. The largest absolute Gasteiger partial charge is 0.478 e. The van der Waals surface area contributed by atoms with Crippen molar-refractivity contribution in [3.8, 4) is 0 Å². The van der Waals surface area contributed by atoms with E-state index in [2.05, 4.69) is 31.9 Å². The van der Waals surface area contributed by atoms with E-state index in [1.165, 1.54) is 0 Å². The molecule has 0 saturated heterocycles. The summed E-state index contributed by atoms with van der Waals surface area (Å²) < 4.78 is -0.114. The molecule has 0 aliphatic carbocycles. The molecule has 0 spiro atoms. The number of rotatable bonds is 2. The van der Waals surface area contributed by atoms with E-state index < -0.39 is 5.97 Å². The van der Waals surface area contributed by atoms with E-state index in [1.54, 1.807) is 24.3 Å². The summed E-state index contributed by atoms with van der Waals surface area (Å²) in [6.45, 7) is 0. The zero-order valence-electron chi connectivity index (χ0n) is 6.00. The summed E-state index contributed by atoms with van der Waals surface area (Å²) in [5.41, 5.74) is 1.04. The summed E-state index contributed by atoms with van der Waals surface area (Å²) in [6.07, 6.45) is 0. The first-order valence-electron chi connectivity index (χ1n) is 3.23. The highest BCUT2D eigenvalue weighted by molar-refractivity contribution is 9.24. The van der Waals surface area contributed by atoms with Gasteiger partial charge in [-0.2, -0.15) is 0 Å². The molecule has 1 aromatic rings. The lowest BCUT2D eigenvalue weighted by Crippen LogP contribution is -2.00. The van der Waals surface area contributed by atoms with Gasteiger partial charge in [0.2, 0.25) is 0 Å². The highest BCUT2D eigenvalue weighted by Gasteiger charge is 2.12. The first kappa shape index (κ1) is 9.74. The summed E-state index contributed by atoms with van der Waals surface area (Å²) >= 11 is 6.51. The number of aromatic carboxylic acids is 1. The van der Waals surface area contributed by atoms with Crippen LogP contribution in [0, 0.1) is 0 Å². The van der Waals surface area contributed by atoms with Gasteiger partial charge in [0.15, 0.2) is 0 Å². The van der Waals surface area contributed by atoms with Crippen LogP contribution in [0.15, 0.2) is 24.3 Å². The lowest BCUT2D eigenvalue weighted by Gasteiger charge is -2.05. The molecule has 1 aromatic carbocycles. The Kier molecular flexibility index (Phi) is 3.29. The van der Waals surface area contributed by atoms with Crippen molar-refractivity contribution in [1.29, 1.82) is 0 Å². The Morgan fingerprint density at radius 1 is 1.33 bits per heavy atom. The van der Waals surface area contributed by atoms with Gasteiger partial charge in [-0.3, -0.25) is 0 Å². The number of alkyl halides is 2. The molecule has 1 rings (SSSR count). The maximum absolute atomic E-state index is 10.7. The molecule has 4 heteroatoms. The summed E-state index contributed by atoms with van der Waals surface area (Å²) in [6, 6.07) is 6.84. The SMILES string of the molecule is O=C(O)c1ccccc1C(Br)Br.